The minimum atomic E-state index is -0.890. The van der Waals surface area contributed by atoms with Crippen LogP contribution in [0.25, 0.3) is 20.7 Å². The van der Waals surface area contributed by atoms with E-state index in [2.05, 4.69) is 6.07 Å². The lowest BCUT2D eigenvalue weighted by molar-refractivity contribution is 0.0691. The predicted molar refractivity (Wildman–Crippen MR) is 237 cm³/mol. The Labute approximate surface area is 359 Å². The Hall–Kier alpha value is -5.73. The van der Waals surface area contributed by atoms with E-state index in [4.69, 9.17) is 19.2 Å². The van der Waals surface area contributed by atoms with Gasteiger partial charge in [0.1, 0.15) is 4.70 Å². The van der Waals surface area contributed by atoms with Crippen LogP contribution >= 0.6 is 23.1 Å². The molecule has 314 valence electrons. The second kappa shape index (κ2) is 17.0. The number of fused-ring (bicyclic) bond motifs is 4. The molecule has 0 unspecified atom stereocenters. The lowest BCUT2D eigenvalue weighted by atomic mass is 9.81. The molecule has 6 aromatic rings. The molecule has 3 aliphatic heterocycles. The maximum Gasteiger partial charge on any atom is 0.332 e. The number of aliphatic imine (C=N–C) groups is 1. The summed E-state index contributed by atoms with van der Waals surface area (Å²) < 4.78 is 49.3. The van der Waals surface area contributed by atoms with Crippen LogP contribution in [0.2, 0.25) is 0 Å². The van der Waals surface area contributed by atoms with E-state index in [1.165, 1.54) is 33.1 Å². The predicted octanol–water partition coefficient (Wildman–Crippen LogP) is 8.55. The van der Waals surface area contributed by atoms with E-state index in [1.807, 2.05) is 79.3 Å². The van der Waals surface area contributed by atoms with Gasteiger partial charge in [0, 0.05) is 52.4 Å². The third kappa shape index (κ3) is 7.54. The lowest BCUT2D eigenvalue weighted by Crippen LogP contribution is -2.46. The maximum atomic E-state index is 14.8. The van der Waals surface area contributed by atoms with Crippen LogP contribution in [0.4, 0.5) is 8.78 Å². The number of rotatable bonds is 10. The highest BCUT2D eigenvalue weighted by Gasteiger charge is 2.35. The van der Waals surface area contributed by atoms with Gasteiger partial charge in [-0.1, -0.05) is 42.5 Å². The number of benzene rings is 4. The van der Waals surface area contributed by atoms with Gasteiger partial charge >= 0.3 is 5.69 Å². The smallest absolute Gasteiger partial charge is 0.332 e. The lowest BCUT2D eigenvalue weighted by Gasteiger charge is -2.35. The van der Waals surface area contributed by atoms with Gasteiger partial charge in [-0.2, -0.15) is 11.8 Å². The van der Waals surface area contributed by atoms with E-state index in [0.29, 0.717) is 54.1 Å². The van der Waals surface area contributed by atoms with Crippen molar-refractivity contribution in [2.24, 2.45) is 4.99 Å². The van der Waals surface area contributed by atoms with E-state index in [9.17, 15) is 23.2 Å². The molecule has 2 fully saturated rings. The fraction of sp³-hybridized carbons (Fsp3) is 0.319. The van der Waals surface area contributed by atoms with Gasteiger partial charge < -0.3 is 19.1 Å². The summed E-state index contributed by atoms with van der Waals surface area (Å²) in [5.74, 6) is 1.28. The quantitative estimate of drug-likeness (QED) is 0.136. The van der Waals surface area contributed by atoms with Crippen molar-refractivity contribution in [3.05, 3.63) is 145 Å². The van der Waals surface area contributed by atoms with Crippen LogP contribution in [0, 0.1) is 11.6 Å². The third-order valence-corrected chi connectivity index (χ3v) is 14.2. The number of carbonyl (C=O) groups is 1. The second-order valence-electron chi connectivity index (χ2n) is 15.5. The molecule has 0 N–H and O–H groups in total. The standard InChI is InChI=1S/C47H44F2N4O6S2/c1-4-59-40-22-32-33(23-39(40)57-2)42(50-37-16-19-60-26-34(32)37)29-10-12-30(13-11-29)45(54)51-17-14-31(15-18-51)53-46(55)44-38(24-41(61-44)28-8-6-5-7-9-28)52(47(53)56)25-27-20-35(48)43(58-3)36(49)21-27/h5-13,20-24,31,34,37H,4,14-19,25-26H2,1-3H3/t34-,37-/m1/s1. The van der Waals surface area contributed by atoms with Crippen LogP contribution in [0.3, 0.4) is 0 Å². The normalized spacial score (nSPS) is 17.7. The Morgan fingerprint density at radius 1 is 0.869 bits per heavy atom. The summed E-state index contributed by atoms with van der Waals surface area (Å²) in [5, 5.41) is 0. The van der Waals surface area contributed by atoms with E-state index < -0.39 is 34.7 Å². The van der Waals surface area contributed by atoms with Crippen LogP contribution in [-0.2, 0) is 6.54 Å². The van der Waals surface area contributed by atoms with Crippen molar-refractivity contribution in [2.75, 3.05) is 45.4 Å². The van der Waals surface area contributed by atoms with Crippen LogP contribution < -0.4 is 25.5 Å². The number of hydrogen-bond donors (Lipinski definition) is 0. The molecule has 2 aromatic heterocycles. The Morgan fingerprint density at radius 2 is 1.61 bits per heavy atom. The molecule has 1 amide bonds. The molecule has 0 bridgehead atoms. The summed E-state index contributed by atoms with van der Waals surface area (Å²) in [6.07, 6.45) is 1.72. The minimum absolute atomic E-state index is 0.141. The zero-order valence-corrected chi connectivity index (χ0v) is 35.6. The van der Waals surface area contributed by atoms with Crippen LogP contribution in [-0.4, -0.2) is 77.1 Å². The van der Waals surface area contributed by atoms with Crippen molar-refractivity contribution in [1.29, 1.82) is 0 Å². The number of likely N-dealkylation sites (tertiary alicyclic amines) is 1. The average Bonchev–Trinajstić information content (AvgIpc) is 3.74. The number of ether oxygens (including phenoxy) is 3. The van der Waals surface area contributed by atoms with Gasteiger partial charge in [-0.15, -0.1) is 11.3 Å². The van der Waals surface area contributed by atoms with Gasteiger partial charge in [0.15, 0.2) is 28.9 Å². The highest BCUT2D eigenvalue weighted by Crippen LogP contribution is 2.44. The first-order chi connectivity index (χ1) is 29.7. The first kappa shape index (κ1) is 40.7. The average molecular weight is 863 g/mol. The molecule has 0 spiro atoms. The molecule has 5 heterocycles. The monoisotopic (exact) mass is 862 g/mol. The number of aromatic nitrogens is 2. The van der Waals surface area contributed by atoms with Crippen molar-refractivity contribution in [1.82, 2.24) is 14.0 Å². The largest absolute Gasteiger partial charge is 0.493 e. The van der Waals surface area contributed by atoms with Gasteiger partial charge in [0.05, 0.1) is 44.6 Å². The molecular formula is C47H44F2N4O6S2. The SMILES string of the molecule is CCOc1cc2c(cc1OC)C(c1ccc(C(=O)N3CCC(n4c(=O)c5sc(-c6ccccc6)cc5n(Cc5cc(F)c(OC)c(F)c5)c4=O)CC3)cc1)=N[C@@H]1CCSC[C@H]21. The van der Waals surface area contributed by atoms with E-state index in [-0.39, 0.29) is 30.0 Å². The number of piperidine rings is 1. The van der Waals surface area contributed by atoms with E-state index in [1.54, 1.807) is 18.1 Å². The zero-order valence-electron chi connectivity index (χ0n) is 34.0. The number of halogens is 2. The number of thioether (sulfide) groups is 1. The van der Waals surface area contributed by atoms with Crippen molar-refractivity contribution in [2.45, 2.75) is 50.7 Å². The fourth-order valence-corrected chi connectivity index (χ4v) is 11.2. The molecule has 61 heavy (non-hydrogen) atoms. The summed E-state index contributed by atoms with van der Waals surface area (Å²) in [4.78, 5) is 50.4. The Bertz CT molecular complexity index is 2770. The summed E-state index contributed by atoms with van der Waals surface area (Å²) in [7, 11) is 2.82. The van der Waals surface area contributed by atoms with Crippen LogP contribution in [0.5, 0.6) is 17.2 Å². The number of carbonyl (C=O) groups excluding carboxylic acids is 1. The van der Waals surface area contributed by atoms with Crippen LogP contribution in [0.15, 0.2) is 99.5 Å². The number of thiophene rings is 1. The molecular weight excluding hydrogens is 819 g/mol. The highest BCUT2D eigenvalue weighted by molar-refractivity contribution is 7.99. The zero-order chi connectivity index (χ0) is 42.4. The molecule has 10 nitrogen and oxygen atoms in total. The van der Waals surface area contributed by atoms with Gasteiger partial charge in [-0.25, -0.2) is 13.6 Å². The fourth-order valence-electron chi connectivity index (χ4n) is 8.90. The van der Waals surface area contributed by atoms with Gasteiger partial charge in [0.2, 0.25) is 0 Å². The first-order valence-electron chi connectivity index (χ1n) is 20.4. The van der Waals surface area contributed by atoms with Gasteiger partial charge in [-0.3, -0.25) is 23.7 Å². The number of nitrogens with zero attached hydrogens (tertiary/aromatic N) is 4. The molecule has 2 atom stereocenters. The van der Waals surface area contributed by atoms with E-state index >= 15 is 0 Å². The first-order valence-corrected chi connectivity index (χ1v) is 22.4. The summed E-state index contributed by atoms with van der Waals surface area (Å²) >= 11 is 3.22. The molecule has 2 saturated heterocycles. The van der Waals surface area contributed by atoms with Crippen molar-refractivity contribution in [3.8, 4) is 27.7 Å². The van der Waals surface area contributed by atoms with Crippen molar-refractivity contribution >= 4 is 44.9 Å². The van der Waals surface area contributed by atoms with Crippen LogP contribution in [0.1, 0.15) is 70.8 Å². The molecule has 9 rings (SSSR count). The highest BCUT2D eigenvalue weighted by atomic mass is 32.2. The Balaban J connectivity index is 0.979. The number of hydrogen-bond acceptors (Lipinski definition) is 9. The Kier molecular flexibility index (Phi) is 11.3. The van der Waals surface area contributed by atoms with Gasteiger partial charge in [-0.05, 0) is 91.1 Å². The molecule has 4 aromatic carbocycles. The molecule has 3 aliphatic rings. The number of amides is 1. The molecule has 0 radical (unpaired) electrons. The molecule has 14 heteroatoms. The summed E-state index contributed by atoms with van der Waals surface area (Å²) in [6, 6.07) is 24.9. The second-order valence-corrected chi connectivity index (χ2v) is 17.7. The summed E-state index contributed by atoms with van der Waals surface area (Å²) in [5.41, 5.74) is 5.00. The molecule has 0 saturated carbocycles. The number of methoxy groups -OCH3 is 2. The third-order valence-electron chi connectivity index (χ3n) is 11.9. The topological polar surface area (TPSA) is 104 Å². The van der Waals surface area contributed by atoms with E-state index in [0.717, 1.165) is 63.1 Å². The van der Waals surface area contributed by atoms with Gasteiger partial charge in [0.25, 0.3) is 11.5 Å². The summed E-state index contributed by atoms with van der Waals surface area (Å²) in [6.45, 7) is 2.97. The Morgan fingerprint density at radius 3 is 2.30 bits per heavy atom. The minimum Gasteiger partial charge on any atom is -0.493 e. The van der Waals surface area contributed by atoms with Crippen molar-refractivity contribution in [3.63, 3.8) is 0 Å². The molecule has 0 aliphatic carbocycles. The van der Waals surface area contributed by atoms with Crippen molar-refractivity contribution < 1.29 is 27.8 Å². The maximum absolute atomic E-state index is 14.8.